The number of carbonyl (C=O) groups excluding carboxylic acids is 3. The lowest BCUT2D eigenvalue weighted by molar-refractivity contribution is -0.128. The molecule has 0 unspecified atom stereocenters. The number of aromatic hydroxyl groups is 1. The Morgan fingerprint density at radius 1 is 1.29 bits per heavy atom. The average molecular weight is 432 g/mol. The van der Waals surface area contributed by atoms with Gasteiger partial charge >= 0.3 is 0 Å². The molecular formula is C23H33N3O5. The zero-order valence-electron chi connectivity index (χ0n) is 18.7. The van der Waals surface area contributed by atoms with Crippen molar-refractivity contribution in [1.82, 2.24) is 10.6 Å². The molecule has 1 aromatic carbocycles. The van der Waals surface area contributed by atoms with Crippen LogP contribution in [0.4, 0.5) is 5.69 Å². The zero-order chi connectivity index (χ0) is 22.8. The summed E-state index contributed by atoms with van der Waals surface area (Å²) >= 11 is 0. The van der Waals surface area contributed by atoms with Gasteiger partial charge < -0.3 is 25.4 Å². The Bertz CT molecular complexity index is 848. The SMILES string of the molecule is C[C@@H]1OCC(=O)[C@H]1NC(=O)[C@H](CC1(C)CCCC1)NC(=O)c1ccc(O)c(N(C)C)c1. The maximum absolute atomic E-state index is 13.1. The lowest BCUT2D eigenvalue weighted by Crippen LogP contribution is -2.54. The van der Waals surface area contributed by atoms with Gasteiger partial charge in [-0.25, -0.2) is 0 Å². The van der Waals surface area contributed by atoms with Gasteiger partial charge in [0.15, 0.2) is 5.78 Å². The fourth-order valence-corrected chi connectivity index (χ4v) is 4.51. The number of benzene rings is 1. The number of amides is 2. The van der Waals surface area contributed by atoms with Crippen LogP contribution in [-0.4, -0.2) is 61.6 Å². The first-order chi connectivity index (χ1) is 14.6. The molecule has 8 nitrogen and oxygen atoms in total. The number of nitrogens with one attached hydrogen (secondary N) is 2. The van der Waals surface area contributed by atoms with Crippen LogP contribution in [-0.2, 0) is 14.3 Å². The van der Waals surface area contributed by atoms with Crippen molar-refractivity contribution in [3.05, 3.63) is 23.8 Å². The van der Waals surface area contributed by atoms with Crippen LogP contribution in [0, 0.1) is 5.41 Å². The standard InChI is InChI=1S/C23H33N3O5/c1-14-20(19(28)13-31-14)25-22(30)16(12-23(2)9-5-6-10-23)24-21(29)15-7-8-18(27)17(11-15)26(3)4/h7-8,11,14,16,20,27H,5-6,9-10,12-13H2,1-4H3,(H,24,29)(H,25,30)/t14-,16-,20-/m0/s1. The van der Waals surface area contributed by atoms with Crippen LogP contribution in [0.2, 0.25) is 0 Å². The normalized spacial score (nSPS) is 23.4. The largest absolute Gasteiger partial charge is 0.506 e. The molecule has 3 N–H and O–H groups in total. The van der Waals surface area contributed by atoms with E-state index in [-0.39, 0.29) is 29.5 Å². The van der Waals surface area contributed by atoms with Crippen molar-refractivity contribution in [3.8, 4) is 5.75 Å². The van der Waals surface area contributed by atoms with Gasteiger partial charge in [0, 0.05) is 19.7 Å². The summed E-state index contributed by atoms with van der Waals surface area (Å²) in [5.41, 5.74) is 0.823. The lowest BCUT2D eigenvalue weighted by atomic mass is 9.81. The number of phenols is 1. The quantitative estimate of drug-likeness (QED) is 0.610. The van der Waals surface area contributed by atoms with Crippen LogP contribution in [0.3, 0.4) is 0 Å². The van der Waals surface area contributed by atoms with Crippen LogP contribution >= 0.6 is 0 Å². The number of ketones is 1. The Morgan fingerprint density at radius 3 is 2.55 bits per heavy atom. The molecule has 0 radical (unpaired) electrons. The predicted molar refractivity (Wildman–Crippen MR) is 117 cm³/mol. The Labute approximate surface area is 183 Å². The van der Waals surface area contributed by atoms with Gasteiger partial charge in [0.2, 0.25) is 5.91 Å². The molecule has 3 rings (SSSR count). The van der Waals surface area contributed by atoms with Crippen molar-refractivity contribution in [2.24, 2.45) is 5.41 Å². The highest BCUT2D eigenvalue weighted by atomic mass is 16.5. The van der Waals surface area contributed by atoms with Gasteiger partial charge in [-0.05, 0) is 49.8 Å². The van der Waals surface area contributed by atoms with Crippen LogP contribution < -0.4 is 15.5 Å². The smallest absolute Gasteiger partial charge is 0.252 e. The predicted octanol–water partition coefficient (Wildman–Crippen LogP) is 2.00. The maximum Gasteiger partial charge on any atom is 0.252 e. The summed E-state index contributed by atoms with van der Waals surface area (Å²) in [4.78, 5) is 39.9. The molecule has 2 aliphatic rings. The molecule has 1 aromatic rings. The van der Waals surface area contributed by atoms with E-state index in [9.17, 15) is 19.5 Å². The van der Waals surface area contributed by atoms with Crippen molar-refractivity contribution in [1.29, 1.82) is 0 Å². The van der Waals surface area contributed by atoms with E-state index in [4.69, 9.17) is 4.74 Å². The van der Waals surface area contributed by atoms with Crippen LogP contribution in [0.5, 0.6) is 5.75 Å². The van der Waals surface area contributed by atoms with E-state index in [2.05, 4.69) is 17.6 Å². The molecule has 1 aliphatic carbocycles. The number of ether oxygens (including phenoxy) is 1. The van der Waals surface area contributed by atoms with E-state index in [1.165, 1.54) is 12.1 Å². The van der Waals surface area contributed by atoms with Crippen molar-refractivity contribution in [2.45, 2.75) is 64.1 Å². The molecule has 1 heterocycles. The number of rotatable bonds is 7. The van der Waals surface area contributed by atoms with Crippen LogP contribution in [0.1, 0.15) is 56.3 Å². The van der Waals surface area contributed by atoms with Gasteiger partial charge in [0.05, 0.1) is 11.8 Å². The summed E-state index contributed by atoms with van der Waals surface area (Å²) in [7, 11) is 3.55. The zero-order valence-corrected chi connectivity index (χ0v) is 18.7. The van der Waals surface area contributed by atoms with Gasteiger partial charge in [0.1, 0.15) is 24.4 Å². The van der Waals surface area contributed by atoms with Crippen LogP contribution in [0.25, 0.3) is 0 Å². The number of anilines is 1. The minimum absolute atomic E-state index is 0.0122. The first kappa shape index (κ1) is 23.1. The highest BCUT2D eigenvalue weighted by molar-refractivity contribution is 5.99. The Hall–Kier alpha value is -2.61. The minimum atomic E-state index is -0.771. The van der Waals surface area contributed by atoms with Crippen molar-refractivity contribution >= 4 is 23.3 Å². The van der Waals surface area contributed by atoms with Gasteiger partial charge in [-0.3, -0.25) is 14.4 Å². The fraction of sp³-hybridized carbons (Fsp3) is 0.609. The Morgan fingerprint density at radius 2 is 1.97 bits per heavy atom. The summed E-state index contributed by atoms with van der Waals surface area (Å²) < 4.78 is 5.33. The summed E-state index contributed by atoms with van der Waals surface area (Å²) in [6, 6.07) is 3.12. The van der Waals surface area contributed by atoms with Crippen molar-refractivity contribution < 1.29 is 24.2 Å². The van der Waals surface area contributed by atoms with Gasteiger partial charge in [0.25, 0.3) is 5.91 Å². The first-order valence-corrected chi connectivity index (χ1v) is 10.9. The van der Waals surface area contributed by atoms with E-state index >= 15 is 0 Å². The molecule has 8 heteroatoms. The fourth-order valence-electron chi connectivity index (χ4n) is 4.51. The number of hydrogen-bond acceptors (Lipinski definition) is 6. The topological polar surface area (TPSA) is 108 Å². The van der Waals surface area contributed by atoms with E-state index in [0.717, 1.165) is 25.7 Å². The molecule has 0 bridgehead atoms. The average Bonchev–Trinajstić information content (AvgIpc) is 3.28. The number of carbonyl (C=O) groups is 3. The third kappa shape index (κ3) is 5.36. The molecule has 1 aliphatic heterocycles. The highest BCUT2D eigenvalue weighted by Gasteiger charge is 2.39. The third-order valence-electron chi connectivity index (χ3n) is 6.45. The highest BCUT2D eigenvalue weighted by Crippen LogP contribution is 2.41. The molecule has 31 heavy (non-hydrogen) atoms. The van der Waals surface area contributed by atoms with Gasteiger partial charge in [-0.1, -0.05) is 19.8 Å². The van der Waals surface area contributed by atoms with Crippen molar-refractivity contribution in [3.63, 3.8) is 0 Å². The van der Waals surface area contributed by atoms with E-state index in [0.29, 0.717) is 17.7 Å². The lowest BCUT2D eigenvalue weighted by Gasteiger charge is -2.30. The van der Waals surface area contributed by atoms with Gasteiger partial charge in [-0.2, -0.15) is 0 Å². The van der Waals surface area contributed by atoms with E-state index in [1.807, 2.05) is 0 Å². The van der Waals surface area contributed by atoms with E-state index < -0.39 is 24.1 Å². The Balaban J connectivity index is 1.79. The molecule has 3 atom stereocenters. The minimum Gasteiger partial charge on any atom is -0.506 e. The summed E-state index contributed by atoms with van der Waals surface area (Å²) in [5, 5.41) is 15.7. The van der Waals surface area contributed by atoms with Crippen molar-refractivity contribution in [2.75, 3.05) is 25.6 Å². The van der Waals surface area contributed by atoms with Gasteiger partial charge in [-0.15, -0.1) is 0 Å². The maximum atomic E-state index is 13.1. The second-order valence-electron chi connectivity index (χ2n) is 9.31. The molecule has 2 amide bonds. The molecule has 1 saturated carbocycles. The second kappa shape index (κ2) is 9.26. The number of phenolic OH excluding ortho intramolecular Hbond substituents is 1. The molecule has 170 valence electrons. The van der Waals surface area contributed by atoms with Crippen LogP contribution in [0.15, 0.2) is 18.2 Å². The number of hydrogen-bond donors (Lipinski definition) is 3. The molecule has 1 saturated heterocycles. The third-order valence-corrected chi connectivity index (χ3v) is 6.45. The molecule has 2 fully saturated rings. The molecule has 0 spiro atoms. The Kier molecular flexibility index (Phi) is 6.89. The molecule has 0 aromatic heterocycles. The summed E-state index contributed by atoms with van der Waals surface area (Å²) in [6.45, 7) is 3.88. The summed E-state index contributed by atoms with van der Waals surface area (Å²) in [6.07, 6.45) is 4.31. The second-order valence-corrected chi connectivity index (χ2v) is 9.31. The number of nitrogens with zero attached hydrogens (tertiary/aromatic N) is 1. The number of Topliss-reactive ketones (excluding diaryl/α,β-unsaturated/α-hetero) is 1. The summed E-state index contributed by atoms with van der Waals surface area (Å²) in [5.74, 6) is -0.856. The van der Waals surface area contributed by atoms with E-state index in [1.54, 1.807) is 32.0 Å². The first-order valence-electron chi connectivity index (χ1n) is 10.9. The molecular weight excluding hydrogens is 398 g/mol. The monoisotopic (exact) mass is 431 g/mol.